The van der Waals surface area contributed by atoms with Crippen LogP contribution in [0.1, 0.15) is 31.6 Å². The highest BCUT2D eigenvalue weighted by Crippen LogP contribution is 2.40. The van der Waals surface area contributed by atoms with Gasteiger partial charge in [-0.2, -0.15) is 4.98 Å². The molecule has 2 N–H and O–H groups in total. The van der Waals surface area contributed by atoms with E-state index in [1.54, 1.807) is 18.2 Å². The number of benzene rings is 1. The van der Waals surface area contributed by atoms with Crippen molar-refractivity contribution in [2.45, 2.75) is 31.1 Å². The molecule has 1 aliphatic carbocycles. The van der Waals surface area contributed by atoms with Crippen LogP contribution < -0.4 is 5.73 Å². The fourth-order valence-corrected chi connectivity index (χ4v) is 3.32. The van der Waals surface area contributed by atoms with Crippen molar-refractivity contribution in [2.24, 2.45) is 5.73 Å². The third kappa shape index (κ3) is 2.43. The number of hydrogen-bond acceptors (Lipinski definition) is 4. The predicted octanol–water partition coefficient (Wildman–Crippen LogP) is 3.81. The summed E-state index contributed by atoms with van der Waals surface area (Å²) in [5.74, 6) is 1.13. The Hall–Kier alpha value is -1.10. The van der Waals surface area contributed by atoms with Crippen molar-refractivity contribution in [3.05, 3.63) is 34.1 Å². The molecule has 0 bridgehead atoms. The summed E-state index contributed by atoms with van der Waals surface area (Å²) in [7, 11) is 0. The Bertz CT molecular complexity index is 600. The van der Waals surface area contributed by atoms with E-state index in [4.69, 9.17) is 33.5 Å². The van der Waals surface area contributed by atoms with E-state index >= 15 is 0 Å². The molecule has 2 aromatic rings. The Morgan fingerprint density at radius 1 is 1.15 bits per heavy atom. The highest BCUT2D eigenvalue weighted by atomic mass is 35.5. The SMILES string of the molecule is NCC1(c2nc(-c3cc(Cl)cc(Cl)c3)no2)CCCC1. The Labute approximate surface area is 127 Å². The second-order valence-corrected chi connectivity index (χ2v) is 6.15. The quantitative estimate of drug-likeness (QED) is 0.936. The van der Waals surface area contributed by atoms with Crippen LogP contribution in [-0.4, -0.2) is 16.7 Å². The van der Waals surface area contributed by atoms with E-state index in [0.29, 0.717) is 28.3 Å². The lowest BCUT2D eigenvalue weighted by molar-refractivity contribution is 0.284. The van der Waals surface area contributed by atoms with Gasteiger partial charge >= 0.3 is 0 Å². The zero-order valence-corrected chi connectivity index (χ0v) is 12.4. The molecular weight excluding hydrogens is 297 g/mol. The molecule has 1 heterocycles. The third-order valence-electron chi connectivity index (χ3n) is 3.95. The Morgan fingerprint density at radius 3 is 2.40 bits per heavy atom. The van der Waals surface area contributed by atoms with Gasteiger partial charge in [0.2, 0.25) is 11.7 Å². The Balaban J connectivity index is 1.97. The maximum Gasteiger partial charge on any atom is 0.234 e. The van der Waals surface area contributed by atoms with Crippen molar-refractivity contribution < 1.29 is 4.52 Å². The zero-order valence-electron chi connectivity index (χ0n) is 10.9. The summed E-state index contributed by atoms with van der Waals surface area (Å²) in [5, 5.41) is 5.15. The molecule has 1 aliphatic rings. The highest BCUT2D eigenvalue weighted by molar-refractivity contribution is 6.35. The van der Waals surface area contributed by atoms with Crippen LogP contribution in [0.2, 0.25) is 10.0 Å². The fraction of sp³-hybridized carbons (Fsp3) is 0.429. The van der Waals surface area contributed by atoms with Crippen LogP contribution in [0.15, 0.2) is 22.7 Å². The maximum atomic E-state index is 6.00. The van der Waals surface area contributed by atoms with Crippen molar-refractivity contribution in [1.82, 2.24) is 10.1 Å². The van der Waals surface area contributed by atoms with Gasteiger partial charge in [0, 0.05) is 22.2 Å². The third-order valence-corrected chi connectivity index (χ3v) is 4.39. The van der Waals surface area contributed by atoms with Crippen molar-refractivity contribution in [1.29, 1.82) is 0 Å². The van der Waals surface area contributed by atoms with Crippen LogP contribution in [-0.2, 0) is 5.41 Å². The van der Waals surface area contributed by atoms with E-state index in [1.165, 1.54) is 0 Å². The van der Waals surface area contributed by atoms with Gasteiger partial charge in [0.25, 0.3) is 0 Å². The van der Waals surface area contributed by atoms with E-state index < -0.39 is 0 Å². The molecule has 106 valence electrons. The summed E-state index contributed by atoms with van der Waals surface area (Å²) in [6.07, 6.45) is 4.30. The number of rotatable bonds is 3. The molecule has 0 unspecified atom stereocenters. The number of halogens is 2. The topological polar surface area (TPSA) is 64.9 Å². The van der Waals surface area contributed by atoms with Crippen molar-refractivity contribution in [3.8, 4) is 11.4 Å². The number of nitrogens with two attached hydrogens (primary N) is 1. The molecule has 4 nitrogen and oxygen atoms in total. The van der Waals surface area contributed by atoms with Crippen molar-refractivity contribution >= 4 is 23.2 Å². The van der Waals surface area contributed by atoms with Crippen LogP contribution >= 0.6 is 23.2 Å². The lowest BCUT2D eigenvalue weighted by Gasteiger charge is -2.21. The largest absolute Gasteiger partial charge is 0.338 e. The molecule has 0 saturated heterocycles. The van der Waals surface area contributed by atoms with Gasteiger partial charge < -0.3 is 10.3 Å². The first-order valence-electron chi connectivity index (χ1n) is 6.64. The highest BCUT2D eigenvalue weighted by Gasteiger charge is 2.39. The zero-order chi connectivity index (χ0) is 14.2. The molecule has 0 amide bonds. The molecule has 1 saturated carbocycles. The monoisotopic (exact) mass is 311 g/mol. The molecule has 1 aromatic heterocycles. The Morgan fingerprint density at radius 2 is 1.80 bits per heavy atom. The van der Waals surface area contributed by atoms with Gasteiger partial charge in [0.15, 0.2) is 0 Å². The molecule has 20 heavy (non-hydrogen) atoms. The molecular formula is C14H15Cl2N3O. The van der Waals surface area contributed by atoms with Gasteiger partial charge in [-0.05, 0) is 31.0 Å². The van der Waals surface area contributed by atoms with Crippen LogP contribution in [0.4, 0.5) is 0 Å². The second kappa shape index (κ2) is 5.35. The van der Waals surface area contributed by atoms with Crippen LogP contribution in [0.25, 0.3) is 11.4 Å². The average Bonchev–Trinajstić information content (AvgIpc) is 3.07. The van der Waals surface area contributed by atoms with Gasteiger partial charge in [-0.3, -0.25) is 0 Å². The van der Waals surface area contributed by atoms with Gasteiger partial charge in [0.1, 0.15) is 0 Å². The first-order valence-corrected chi connectivity index (χ1v) is 7.39. The van der Waals surface area contributed by atoms with Gasteiger partial charge in [0.05, 0.1) is 5.41 Å². The van der Waals surface area contributed by atoms with Gasteiger partial charge in [-0.15, -0.1) is 0 Å². The standard InChI is InChI=1S/C14H15Cl2N3O/c15-10-5-9(6-11(16)7-10)12-18-13(20-19-12)14(8-17)3-1-2-4-14/h5-7H,1-4,8,17H2. The van der Waals surface area contributed by atoms with Gasteiger partial charge in [-0.1, -0.05) is 41.2 Å². The molecule has 0 radical (unpaired) electrons. The summed E-state index contributed by atoms with van der Waals surface area (Å²) >= 11 is 12.0. The molecule has 0 aliphatic heterocycles. The summed E-state index contributed by atoms with van der Waals surface area (Å²) in [6, 6.07) is 5.21. The maximum absolute atomic E-state index is 6.00. The lowest BCUT2D eigenvalue weighted by atomic mass is 9.86. The average molecular weight is 312 g/mol. The minimum Gasteiger partial charge on any atom is -0.338 e. The van der Waals surface area contributed by atoms with E-state index in [0.717, 1.165) is 31.2 Å². The van der Waals surface area contributed by atoms with Crippen molar-refractivity contribution in [3.63, 3.8) is 0 Å². The molecule has 0 spiro atoms. The summed E-state index contributed by atoms with van der Waals surface area (Å²) in [5.41, 5.74) is 6.52. The molecule has 3 rings (SSSR count). The predicted molar refractivity (Wildman–Crippen MR) is 79.0 cm³/mol. The van der Waals surface area contributed by atoms with E-state index in [1.807, 2.05) is 0 Å². The summed E-state index contributed by atoms with van der Waals surface area (Å²) in [6.45, 7) is 0.533. The van der Waals surface area contributed by atoms with E-state index in [9.17, 15) is 0 Å². The van der Waals surface area contributed by atoms with Crippen LogP contribution in [0, 0.1) is 0 Å². The number of hydrogen-bond donors (Lipinski definition) is 1. The fourth-order valence-electron chi connectivity index (χ4n) is 2.80. The van der Waals surface area contributed by atoms with E-state index in [-0.39, 0.29) is 5.41 Å². The van der Waals surface area contributed by atoms with Gasteiger partial charge in [-0.25, -0.2) is 0 Å². The molecule has 6 heteroatoms. The molecule has 1 aromatic carbocycles. The summed E-state index contributed by atoms with van der Waals surface area (Å²) in [4.78, 5) is 4.51. The van der Waals surface area contributed by atoms with Crippen LogP contribution in [0.5, 0.6) is 0 Å². The second-order valence-electron chi connectivity index (χ2n) is 5.27. The lowest BCUT2D eigenvalue weighted by Crippen LogP contribution is -2.32. The minimum absolute atomic E-state index is 0.159. The Kier molecular flexibility index (Phi) is 3.71. The number of nitrogens with zero attached hydrogens (tertiary/aromatic N) is 2. The van der Waals surface area contributed by atoms with Crippen LogP contribution in [0.3, 0.4) is 0 Å². The molecule has 0 atom stereocenters. The van der Waals surface area contributed by atoms with Crippen molar-refractivity contribution in [2.75, 3.05) is 6.54 Å². The minimum atomic E-state index is -0.159. The normalized spacial score (nSPS) is 17.6. The smallest absolute Gasteiger partial charge is 0.234 e. The summed E-state index contributed by atoms with van der Waals surface area (Å²) < 4.78 is 5.45. The molecule has 1 fully saturated rings. The first kappa shape index (κ1) is 13.9. The number of aromatic nitrogens is 2. The first-order chi connectivity index (χ1) is 9.63. The van der Waals surface area contributed by atoms with E-state index in [2.05, 4.69) is 10.1 Å².